The number of hydrogen-bond donors (Lipinski definition) is 2. The number of ether oxygens (including phenoxy) is 1. The Hall–Kier alpha value is -3.44. The molecule has 0 amide bonds. The molecule has 0 fully saturated rings. The first-order valence-electron chi connectivity index (χ1n) is 11.4. The molecular weight excluding hydrogens is 414 g/mol. The highest BCUT2D eigenvalue weighted by Crippen LogP contribution is 2.35. The van der Waals surface area contributed by atoms with Crippen LogP contribution < -0.4 is 10.5 Å². The summed E-state index contributed by atoms with van der Waals surface area (Å²) in [5.74, 6) is -0.300. The molecular formula is C28H29NO4. The maximum Gasteiger partial charge on any atom is 0.341 e. The van der Waals surface area contributed by atoms with Crippen molar-refractivity contribution in [3.05, 3.63) is 101 Å². The van der Waals surface area contributed by atoms with Crippen LogP contribution in [0.25, 0.3) is 0 Å². The average molecular weight is 444 g/mol. The molecule has 0 aliphatic heterocycles. The molecule has 0 heterocycles. The Bertz CT molecular complexity index is 1060. The van der Waals surface area contributed by atoms with Crippen LogP contribution in [0.3, 0.4) is 0 Å². The molecule has 5 heteroatoms. The number of carboxylic acid groups (broad SMARTS) is 1. The summed E-state index contributed by atoms with van der Waals surface area (Å²) in [6.07, 6.45) is 2.54. The summed E-state index contributed by atoms with van der Waals surface area (Å²) in [7, 11) is 0. The number of rotatable bonds is 9. The molecule has 0 aromatic heterocycles. The zero-order valence-corrected chi connectivity index (χ0v) is 18.5. The fourth-order valence-corrected chi connectivity index (χ4v) is 4.78. The minimum Gasteiger partial charge on any atom is -0.482 e. The fraction of sp³-hybridized carbons (Fsp3) is 0.286. The van der Waals surface area contributed by atoms with Crippen LogP contribution in [0.5, 0.6) is 5.75 Å². The zero-order chi connectivity index (χ0) is 23.2. The van der Waals surface area contributed by atoms with E-state index in [0.717, 1.165) is 35.1 Å². The Morgan fingerprint density at radius 3 is 2.18 bits per heavy atom. The lowest BCUT2D eigenvalue weighted by atomic mass is 9.77. The molecule has 2 unspecified atom stereocenters. The van der Waals surface area contributed by atoms with E-state index in [-0.39, 0.29) is 24.2 Å². The molecule has 0 radical (unpaired) electrons. The highest BCUT2D eigenvalue weighted by atomic mass is 16.5. The van der Waals surface area contributed by atoms with Crippen molar-refractivity contribution in [1.29, 1.82) is 0 Å². The van der Waals surface area contributed by atoms with E-state index in [1.54, 1.807) is 6.07 Å². The van der Waals surface area contributed by atoms with E-state index < -0.39 is 12.0 Å². The van der Waals surface area contributed by atoms with Gasteiger partial charge in [0, 0.05) is 12.3 Å². The van der Waals surface area contributed by atoms with Gasteiger partial charge in [0.15, 0.2) is 12.4 Å². The normalized spacial score (nSPS) is 16.1. The van der Waals surface area contributed by atoms with Gasteiger partial charge in [-0.2, -0.15) is 0 Å². The lowest BCUT2D eigenvalue weighted by molar-refractivity contribution is -0.139. The highest BCUT2D eigenvalue weighted by molar-refractivity contribution is 5.85. The van der Waals surface area contributed by atoms with Crippen molar-refractivity contribution in [2.45, 2.75) is 37.6 Å². The summed E-state index contributed by atoms with van der Waals surface area (Å²) in [4.78, 5) is 24.2. The topological polar surface area (TPSA) is 89.6 Å². The largest absolute Gasteiger partial charge is 0.482 e. The molecule has 170 valence electrons. The maximum atomic E-state index is 13.3. The smallest absolute Gasteiger partial charge is 0.341 e. The lowest BCUT2D eigenvalue weighted by Gasteiger charge is -2.30. The molecule has 3 N–H and O–H groups in total. The SMILES string of the molecule is NC(C(=O)CC(c1ccccc1)c1ccccc1)C1CCc2c(cccc2OCC(=O)O)C1. The van der Waals surface area contributed by atoms with E-state index >= 15 is 0 Å². The Balaban J connectivity index is 1.48. The molecule has 3 aromatic carbocycles. The first kappa shape index (κ1) is 22.7. The molecule has 4 rings (SSSR count). The van der Waals surface area contributed by atoms with Crippen molar-refractivity contribution >= 4 is 11.8 Å². The van der Waals surface area contributed by atoms with Crippen LogP contribution in [-0.2, 0) is 22.4 Å². The molecule has 33 heavy (non-hydrogen) atoms. The van der Waals surface area contributed by atoms with Crippen molar-refractivity contribution < 1.29 is 19.4 Å². The first-order chi connectivity index (χ1) is 16.0. The second-order valence-corrected chi connectivity index (χ2v) is 8.65. The molecule has 0 saturated carbocycles. The van der Waals surface area contributed by atoms with Gasteiger partial charge in [-0.05, 0) is 53.5 Å². The number of nitrogens with two attached hydrogens (primary N) is 1. The van der Waals surface area contributed by atoms with Crippen molar-refractivity contribution in [3.8, 4) is 5.75 Å². The van der Waals surface area contributed by atoms with Gasteiger partial charge in [-0.25, -0.2) is 4.79 Å². The summed E-state index contributed by atoms with van der Waals surface area (Å²) >= 11 is 0. The van der Waals surface area contributed by atoms with E-state index in [4.69, 9.17) is 15.6 Å². The summed E-state index contributed by atoms with van der Waals surface area (Å²) in [5.41, 5.74) is 10.9. The highest BCUT2D eigenvalue weighted by Gasteiger charge is 2.31. The quantitative estimate of drug-likeness (QED) is 0.512. The third-order valence-electron chi connectivity index (χ3n) is 6.52. The van der Waals surface area contributed by atoms with Crippen molar-refractivity contribution in [3.63, 3.8) is 0 Å². The van der Waals surface area contributed by atoms with E-state index in [1.165, 1.54) is 0 Å². The summed E-state index contributed by atoms with van der Waals surface area (Å²) in [6, 6.07) is 25.3. The van der Waals surface area contributed by atoms with Gasteiger partial charge in [-0.15, -0.1) is 0 Å². The third kappa shape index (κ3) is 5.49. The maximum absolute atomic E-state index is 13.3. The fourth-order valence-electron chi connectivity index (χ4n) is 4.78. The Kier molecular flexibility index (Phi) is 7.20. The van der Waals surface area contributed by atoms with Crippen LogP contribution in [0.1, 0.15) is 41.0 Å². The minimum atomic E-state index is -1.000. The van der Waals surface area contributed by atoms with Crippen LogP contribution >= 0.6 is 0 Å². The Morgan fingerprint density at radius 1 is 0.939 bits per heavy atom. The summed E-state index contributed by atoms with van der Waals surface area (Å²) < 4.78 is 5.46. The number of benzene rings is 3. The van der Waals surface area contributed by atoms with Crippen LogP contribution in [0.2, 0.25) is 0 Å². The van der Waals surface area contributed by atoms with Gasteiger partial charge in [0.05, 0.1) is 6.04 Å². The average Bonchev–Trinajstić information content (AvgIpc) is 2.86. The van der Waals surface area contributed by atoms with Crippen LogP contribution in [0.15, 0.2) is 78.9 Å². The van der Waals surface area contributed by atoms with Gasteiger partial charge in [-0.1, -0.05) is 72.8 Å². The molecule has 1 aliphatic rings. The lowest BCUT2D eigenvalue weighted by Crippen LogP contribution is -2.41. The molecule has 0 saturated heterocycles. The van der Waals surface area contributed by atoms with Crippen molar-refractivity contribution in [1.82, 2.24) is 0 Å². The number of fused-ring (bicyclic) bond motifs is 1. The van der Waals surface area contributed by atoms with Gasteiger partial charge < -0.3 is 15.6 Å². The van der Waals surface area contributed by atoms with E-state index in [0.29, 0.717) is 18.6 Å². The zero-order valence-electron chi connectivity index (χ0n) is 18.5. The minimum absolute atomic E-state index is 0.0298. The Morgan fingerprint density at radius 2 is 1.58 bits per heavy atom. The predicted molar refractivity (Wildman–Crippen MR) is 127 cm³/mol. The van der Waals surface area contributed by atoms with E-state index in [2.05, 4.69) is 24.3 Å². The van der Waals surface area contributed by atoms with Crippen LogP contribution in [-0.4, -0.2) is 29.5 Å². The molecule has 0 bridgehead atoms. The molecule has 0 spiro atoms. The first-order valence-corrected chi connectivity index (χ1v) is 11.4. The third-order valence-corrected chi connectivity index (χ3v) is 6.52. The van der Waals surface area contributed by atoms with Crippen molar-refractivity contribution in [2.24, 2.45) is 11.7 Å². The second-order valence-electron chi connectivity index (χ2n) is 8.65. The summed E-state index contributed by atoms with van der Waals surface area (Å²) in [6.45, 7) is -0.363. The van der Waals surface area contributed by atoms with E-state index in [1.807, 2.05) is 48.5 Å². The monoisotopic (exact) mass is 443 g/mol. The number of ketones is 1. The molecule has 2 atom stereocenters. The number of aliphatic carboxylic acids is 1. The van der Waals surface area contributed by atoms with Crippen LogP contribution in [0, 0.1) is 5.92 Å². The van der Waals surface area contributed by atoms with Crippen molar-refractivity contribution in [2.75, 3.05) is 6.61 Å². The molecule has 5 nitrogen and oxygen atoms in total. The summed E-state index contributed by atoms with van der Waals surface area (Å²) in [5, 5.41) is 8.91. The van der Waals surface area contributed by atoms with E-state index in [9.17, 15) is 9.59 Å². The molecule has 3 aromatic rings. The van der Waals surface area contributed by atoms with Gasteiger partial charge in [-0.3, -0.25) is 4.79 Å². The van der Waals surface area contributed by atoms with Crippen LogP contribution in [0.4, 0.5) is 0 Å². The van der Waals surface area contributed by atoms with Gasteiger partial charge in [0.2, 0.25) is 0 Å². The number of carbonyl (C=O) groups excluding carboxylic acids is 1. The Labute approximate surface area is 194 Å². The number of carbonyl (C=O) groups is 2. The second kappa shape index (κ2) is 10.5. The molecule has 1 aliphatic carbocycles. The van der Waals surface area contributed by atoms with Gasteiger partial charge in [0.25, 0.3) is 0 Å². The van der Waals surface area contributed by atoms with Gasteiger partial charge in [0.1, 0.15) is 5.75 Å². The standard InChI is InChI=1S/C28H29NO4/c29-28(22-14-15-23-21(16-22)12-7-13-26(23)33-18-27(31)32)25(30)17-24(19-8-3-1-4-9-19)20-10-5-2-6-11-20/h1-13,22,24,28H,14-18,29H2,(H,31,32). The number of hydrogen-bond acceptors (Lipinski definition) is 4. The van der Waals surface area contributed by atoms with Gasteiger partial charge >= 0.3 is 5.97 Å². The number of carboxylic acids is 1. The number of Topliss-reactive ketones (excluding diaryl/α,β-unsaturated/α-hetero) is 1. The predicted octanol–water partition coefficient (Wildman–Crippen LogP) is 4.37.